The van der Waals surface area contributed by atoms with Gasteiger partial charge in [-0.25, -0.2) is 9.59 Å². The molecule has 0 unspecified atom stereocenters. The van der Waals surface area contributed by atoms with Crippen molar-refractivity contribution < 1.29 is 14.3 Å². The van der Waals surface area contributed by atoms with Crippen LogP contribution in [-0.4, -0.2) is 37.7 Å². The molecule has 0 spiro atoms. The van der Waals surface area contributed by atoms with E-state index < -0.39 is 23.6 Å². The molecule has 2 N–H and O–H groups in total. The van der Waals surface area contributed by atoms with Crippen molar-refractivity contribution in [3.05, 3.63) is 24.3 Å². The second-order valence-corrected chi connectivity index (χ2v) is 6.27. The van der Waals surface area contributed by atoms with Crippen LogP contribution < -0.4 is 15.5 Å². The first-order valence-corrected chi connectivity index (χ1v) is 7.17. The van der Waals surface area contributed by atoms with Crippen molar-refractivity contribution in [1.82, 2.24) is 5.32 Å². The number of esters is 1. The van der Waals surface area contributed by atoms with E-state index >= 15 is 0 Å². The molecule has 0 fully saturated rings. The number of carbonyl (C=O) groups excluding carboxylic acids is 2. The number of ether oxygens (including phenoxy) is 1. The van der Waals surface area contributed by atoms with Gasteiger partial charge in [-0.2, -0.15) is 0 Å². The van der Waals surface area contributed by atoms with E-state index in [0.29, 0.717) is 5.69 Å². The number of urea groups is 1. The van der Waals surface area contributed by atoms with Gasteiger partial charge in [0, 0.05) is 14.1 Å². The Morgan fingerprint density at radius 2 is 1.77 bits per heavy atom. The molecule has 0 radical (unpaired) electrons. The lowest BCUT2D eigenvalue weighted by molar-refractivity contribution is -0.156. The lowest BCUT2D eigenvalue weighted by atomic mass is 10.2. The fourth-order valence-electron chi connectivity index (χ4n) is 1.77. The molecule has 0 bridgehead atoms. The van der Waals surface area contributed by atoms with Crippen LogP contribution in [0.25, 0.3) is 0 Å². The average molecular weight is 307 g/mol. The zero-order valence-corrected chi connectivity index (χ0v) is 14.1. The standard InChI is InChI=1S/C16H25N3O3/c1-11(14(20)22-16(2,3)4)17-15(21)18-12-9-7-8-10-13(12)19(5)6/h7-11H,1-6H3,(H2,17,18,21)/t11-/m0/s1. The summed E-state index contributed by atoms with van der Waals surface area (Å²) in [6.45, 7) is 6.94. The quantitative estimate of drug-likeness (QED) is 0.839. The number of hydrogen-bond acceptors (Lipinski definition) is 4. The molecule has 6 heteroatoms. The number of para-hydroxylation sites is 2. The van der Waals surface area contributed by atoms with Gasteiger partial charge in [0.2, 0.25) is 0 Å². The van der Waals surface area contributed by atoms with Crippen molar-refractivity contribution in [3.63, 3.8) is 0 Å². The summed E-state index contributed by atoms with van der Waals surface area (Å²) in [7, 11) is 3.78. The van der Waals surface area contributed by atoms with E-state index in [9.17, 15) is 9.59 Å². The van der Waals surface area contributed by atoms with Crippen LogP contribution in [0.3, 0.4) is 0 Å². The van der Waals surface area contributed by atoms with E-state index in [-0.39, 0.29) is 0 Å². The number of amides is 2. The minimum Gasteiger partial charge on any atom is -0.458 e. The number of carbonyl (C=O) groups is 2. The smallest absolute Gasteiger partial charge is 0.328 e. The fraction of sp³-hybridized carbons (Fsp3) is 0.500. The molecule has 0 aliphatic heterocycles. The third kappa shape index (κ3) is 5.63. The summed E-state index contributed by atoms with van der Waals surface area (Å²) in [6.07, 6.45) is 0. The highest BCUT2D eigenvalue weighted by Gasteiger charge is 2.23. The summed E-state index contributed by atoms with van der Waals surface area (Å²) in [6, 6.07) is 6.24. The Labute approximate surface area is 131 Å². The van der Waals surface area contributed by atoms with E-state index in [4.69, 9.17) is 4.74 Å². The highest BCUT2D eigenvalue weighted by Crippen LogP contribution is 2.23. The summed E-state index contributed by atoms with van der Waals surface area (Å²) < 4.78 is 5.22. The van der Waals surface area contributed by atoms with Gasteiger partial charge >= 0.3 is 12.0 Å². The minimum atomic E-state index is -0.731. The molecule has 6 nitrogen and oxygen atoms in total. The normalized spacial score (nSPS) is 12.3. The third-order valence-electron chi connectivity index (χ3n) is 2.74. The summed E-state index contributed by atoms with van der Waals surface area (Å²) >= 11 is 0. The Hall–Kier alpha value is -2.24. The summed E-state index contributed by atoms with van der Waals surface area (Å²) in [5, 5.41) is 5.31. The lowest BCUT2D eigenvalue weighted by Crippen LogP contribution is -2.44. The van der Waals surface area contributed by atoms with Crippen molar-refractivity contribution in [3.8, 4) is 0 Å². The van der Waals surface area contributed by atoms with Gasteiger partial charge in [-0.15, -0.1) is 0 Å². The van der Waals surface area contributed by atoms with Crippen LogP contribution in [0.2, 0.25) is 0 Å². The maximum atomic E-state index is 12.0. The molecule has 1 aromatic rings. The first kappa shape index (κ1) is 17.8. The SMILES string of the molecule is C[C@H](NC(=O)Nc1ccccc1N(C)C)C(=O)OC(C)(C)C. The number of nitrogens with one attached hydrogen (secondary N) is 2. The largest absolute Gasteiger partial charge is 0.458 e. The zero-order valence-electron chi connectivity index (χ0n) is 14.1. The van der Waals surface area contributed by atoms with Crippen LogP contribution in [-0.2, 0) is 9.53 Å². The number of nitrogens with zero attached hydrogens (tertiary/aromatic N) is 1. The van der Waals surface area contributed by atoms with Crippen LogP contribution >= 0.6 is 0 Å². The summed E-state index contributed by atoms with van der Waals surface area (Å²) in [5.74, 6) is -0.469. The first-order chi connectivity index (χ1) is 10.1. The Balaban J connectivity index is 2.65. The number of benzene rings is 1. The molecule has 22 heavy (non-hydrogen) atoms. The third-order valence-corrected chi connectivity index (χ3v) is 2.74. The Bertz CT molecular complexity index is 536. The summed E-state index contributed by atoms with van der Waals surface area (Å²) in [5.41, 5.74) is 0.963. The van der Waals surface area contributed by atoms with Crippen molar-refractivity contribution >= 4 is 23.4 Å². The van der Waals surface area contributed by atoms with Crippen LogP contribution in [0.5, 0.6) is 0 Å². The molecule has 2 amide bonds. The van der Waals surface area contributed by atoms with Gasteiger partial charge in [0.1, 0.15) is 11.6 Å². The van der Waals surface area contributed by atoms with Crippen LogP contribution in [0.15, 0.2) is 24.3 Å². The van der Waals surface area contributed by atoms with E-state index in [0.717, 1.165) is 5.69 Å². The molecule has 0 aliphatic carbocycles. The van der Waals surface area contributed by atoms with Gasteiger partial charge in [0.25, 0.3) is 0 Å². The minimum absolute atomic E-state index is 0.451. The van der Waals surface area contributed by atoms with Gasteiger partial charge in [0.15, 0.2) is 0 Å². The molecule has 122 valence electrons. The van der Waals surface area contributed by atoms with Crippen LogP contribution in [0.4, 0.5) is 16.2 Å². The monoisotopic (exact) mass is 307 g/mol. The molecule has 1 rings (SSSR count). The van der Waals surface area contributed by atoms with Crippen LogP contribution in [0, 0.1) is 0 Å². The number of hydrogen-bond donors (Lipinski definition) is 2. The van der Waals surface area contributed by atoms with E-state index in [1.807, 2.05) is 37.2 Å². The lowest BCUT2D eigenvalue weighted by Gasteiger charge is -2.23. The van der Waals surface area contributed by atoms with Crippen LogP contribution in [0.1, 0.15) is 27.7 Å². The molecular weight excluding hydrogens is 282 g/mol. The Kier molecular flexibility index (Phi) is 5.79. The first-order valence-electron chi connectivity index (χ1n) is 7.17. The molecule has 0 saturated heterocycles. The molecule has 1 atom stereocenters. The molecular formula is C16H25N3O3. The predicted molar refractivity (Wildman–Crippen MR) is 88.2 cm³/mol. The topological polar surface area (TPSA) is 70.7 Å². The zero-order chi connectivity index (χ0) is 16.9. The van der Waals surface area contributed by atoms with Gasteiger partial charge < -0.3 is 20.3 Å². The van der Waals surface area contributed by atoms with E-state index in [1.165, 1.54) is 0 Å². The highest BCUT2D eigenvalue weighted by molar-refractivity contribution is 5.95. The Morgan fingerprint density at radius 1 is 1.18 bits per heavy atom. The summed E-state index contributed by atoms with van der Waals surface area (Å²) in [4.78, 5) is 25.8. The molecule has 0 aromatic heterocycles. The molecule has 0 heterocycles. The van der Waals surface area contributed by atoms with Gasteiger partial charge in [-0.05, 0) is 39.8 Å². The average Bonchev–Trinajstić information content (AvgIpc) is 2.36. The number of anilines is 2. The highest BCUT2D eigenvalue weighted by atomic mass is 16.6. The maximum absolute atomic E-state index is 12.0. The van der Waals surface area contributed by atoms with Crippen molar-refractivity contribution in [2.45, 2.75) is 39.3 Å². The Morgan fingerprint density at radius 3 is 2.32 bits per heavy atom. The van der Waals surface area contributed by atoms with Crippen molar-refractivity contribution in [2.75, 3.05) is 24.3 Å². The van der Waals surface area contributed by atoms with Crippen molar-refractivity contribution in [2.24, 2.45) is 0 Å². The van der Waals surface area contributed by atoms with E-state index in [2.05, 4.69) is 10.6 Å². The van der Waals surface area contributed by atoms with Gasteiger partial charge in [0.05, 0.1) is 11.4 Å². The molecule has 0 aliphatic rings. The second-order valence-electron chi connectivity index (χ2n) is 6.27. The van der Waals surface area contributed by atoms with Gasteiger partial charge in [-0.1, -0.05) is 12.1 Å². The van der Waals surface area contributed by atoms with Gasteiger partial charge in [-0.3, -0.25) is 0 Å². The number of rotatable bonds is 4. The van der Waals surface area contributed by atoms with Crippen molar-refractivity contribution in [1.29, 1.82) is 0 Å². The molecule has 0 saturated carbocycles. The van der Waals surface area contributed by atoms with E-state index in [1.54, 1.807) is 33.8 Å². The fourth-order valence-corrected chi connectivity index (χ4v) is 1.77. The second kappa shape index (κ2) is 7.15. The molecule has 1 aromatic carbocycles. The predicted octanol–water partition coefficient (Wildman–Crippen LogP) is 2.60. The maximum Gasteiger partial charge on any atom is 0.328 e.